The second kappa shape index (κ2) is 12.6. The number of aliphatic imine (C=N–C) groups is 1. The van der Waals surface area contributed by atoms with Crippen LogP contribution < -0.4 is 10.6 Å². The van der Waals surface area contributed by atoms with Crippen LogP contribution in [-0.2, 0) is 6.54 Å². The van der Waals surface area contributed by atoms with Crippen molar-refractivity contribution in [3.8, 4) is 0 Å². The highest BCUT2D eigenvalue weighted by Gasteiger charge is 2.14. The summed E-state index contributed by atoms with van der Waals surface area (Å²) < 4.78 is 2.17. The normalized spacial score (nSPS) is 16.7. The zero-order valence-electron chi connectivity index (χ0n) is 15.2. The van der Waals surface area contributed by atoms with E-state index in [0.29, 0.717) is 0 Å². The third kappa shape index (κ3) is 8.37. The summed E-state index contributed by atoms with van der Waals surface area (Å²) in [6.45, 7) is 11.8. The van der Waals surface area contributed by atoms with E-state index in [1.54, 1.807) is 0 Å². The summed E-state index contributed by atoms with van der Waals surface area (Å²) in [4.78, 5) is 7.28. The summed E-state index contributed by atoms with van der Waals surface area (Å²) in [5.41, 5.74) is 0. The van der Waals surface area contributed by atoms with Crippen molar-refractivity contribution in [2.24, 2.45) is 10.9 Å². The minimum Gasteiger partial charge on any atom is -0.357 e. The largest absolute Gasteiger partial charge is 0.357 e. The highest BCUT2D eigenvalue weighted by molar-refractivity contribution is 14.0. The molecule has 2 rings (SSSR count). The van der Waals surface area contributed by atoms with Gasteiger partial charge in [-0.25, -0.2) is 0 Å². The van der Waals surface area contributed by atoms with Gasteiger partial charge in [0.25, 0.3) is 0 Å². The van der Waals surface area contributed by atoms with Gasteiger partial charge in [-0.15, -0.1) is 24.0 Å². The second-order valence-corrected chi connectivity index (χ2v) is 6.49. The summed E-state index contributed by atoms with van der Waals surface area (Å²) >= 11 is 0. The topological polar surface area (TPSA) is 44.6 Å². The average Bonchev–Trinajstić information content (AvgIpc) is 3.06. The lowest BCUT2D eigenvalue weighted by molar-refractivity contribution is 0.192. The van der Waals surface area contributed by atoms with Crippen LogP contribution in [-0.4, -0.2) is 54.7 Å². The number of hydrogen-bond donors (Lipinski definition) is 2. The Kier molecular flexibility index (Phi) is 11.2. The Labute approximate surface area is 164 Å². The summed E-state index contributed by atoms with van der Waals surface area (Å²) in [5.74, 6) is 1.85. The molecule has 1 fully saturated rings. The lowest BCUT2D eigenvalue weighted by Gasteiger charge is -2.29. The van der Waals surface area contributed by atoms with Gasteiger partial charge in [0.2, 0.25) is 0 Å². The number of halogens is 1. The molecule has 0 amide bonds. The molecule has 0 aliphatic carbocycles. The van der Waals surface area contributed by atoms with Crippen LogP contribution in [0.3, 0.4) is 0 Å². The maximum atomic E-state index is 4.69. The fraction of sp³-hybridized carbons (Fsp3) is 0.722. The first-order valence-electron chi connectivity index (χ1n) is 9.13. The minimum absolute atomic E-state index is 0. The highest BCUT2D eigenvalue weighted by Crippen LogP contribution is 2.15. The first kappa shape index (κ1) is 21.3. The van der Waals surface area contributed by atoms with Crippen LogP contribution in [0.4, 0.5) is 0 Å². The molecule has 24 heavy (non-hydrogen) atoms. The van der Waals surface area contributed by atoms with Gasteiger partial charge >= 0.3 is 0 Å². The number of guanidine groups is 1. The monoisotopic (exact) mass is 447 g/mol. The third-order valence-corrected chi connectivity index (χ3v) is 4.45. The summed E-state index contributed by atoms with van der Waals surface area (Å²) in [5, 5.41) is 6.73. The van der Waals surface area contributed by atoms with Crippen molar-refractivity contribution in [2.45, 2.75) is 39.7 Å². The van der Waals surface area contributed by atoms with Crippen LogP contribution in [0, 0.1) is 5.92 Å². The van der Waals surface area contributed by atoms with Crippen LogP contribution in [0.2, 0.25) is 0 Å². The highest BCUT2D eigenvalue weighted by atomic mass is 127. The molecule has 1 aromatic rings. The predicted octanol–water partition coefficient (Wildman–Crippen LogP) is 2.78. The fourth-order valence-electron chi connectivity index (χ4n) is 2.94. The van der Waals surface area contributed by atoms with E-state index in [2.05, 4.69) is 58.5 Å². The Morgan fingerprint density at radius 2 is 1.83 bits per heavy atom. The van der Waals surface area contributed by atoms with Crippen molar-refractivity contribution in [3.63, 3.8) is 0 Å². The molecule has 1 aromatic heterocycles. The van der Waals surface area contributed by atoms with Crippen molar-refractivity contribution in [2.75, 3.05) is 39.3 Å². The van der Waals surface area contributed by atoms with Gasteiger partial charge in [0, 0.05) is 38.6 Å². The molecule has 6 heteroatoms. The number of nitrogens with zero attached hydrogens (tertiary/aromatic N) is 3. The molecule has 5 nitrogen and oxygen atoms in total. The molecule has 2 heterocycles. The van der Waals surface area contributed by atoms with E-state index in [9.17, 15) is 0 Å². The van der Waals surface area contributed by atoms with E-state index >= 15 is 0 Å². The number of likely N-dealkylation sites (tertiary alicyclic amines) is 1. The van der Waals surface area contributed by atoms with Crippen LogP contribution in [0.15, 0.2) is 29.5 Å². The number of rotatable bonds is 8. The molecule has 0 spiro atoms. The van der Waals surface area contributed by atoms with Gasteiger partial charge in [0.15, 0.2) is 5.96 Å². The van der Waals surface area contributed by atoms with E-state index < -0.39 is 0 Å². The minimum atomic E-state index is 0. The van der Waals surface area contributed by atoms with E-state index in [4.69, 9.17) is 4.99 Å². The molecular formula is C18H34IN5. The van der Waals surface area contributed by atoms with Crippen LogP contribution in [0.1, 0.15) is 33.1 Å². The summed E-state index contributed by atoms with van der Waals surface area (Å²) in [6.07, 6.45) is 8.03. The zero-order valence-corrected chi connectivity index (χ0v) is 17.5. The van der Waals surface area contributed by atoms with Crippen LogP contribution in [0.25, 0.3) is 0 Å². The van der Waals surface area contributed by atoms with Gasteiger partial charge in [-0.2, -0.15) is 0 Å². The second-order valence-electron chi connectivity index (χ2n) is 6.49. The molecule has 1 aliphatic heterocycles. The molecular weight excluding hydrogens is 413 g/mol. The van der Waals surface area contributed by atoms with E-state index in [1.165, 1.54) is 32.5 Å². The van der Waals surface area contributed by atoms with E-state index in [1.807, 2.05) is 0 Å². The maximum Gasteiger partial charge on any atom is 0.191 e. The Bertz CT molecular complexity index is 438. The molecule has 2 N–H and O–H groups in total. The van der Waals surface area contributed by atoms with Crippen LogP contribution >= 0.6 is 24.0 Å². The number of nitrogens with one attached hydrogen (secondary N) is 2. The molecule has 0 radical (unpaired) electrons. The lowest BCUT2D eigenvalue weighted by atomic mass is 9.99. The Hall–Kier alpha value is -0.760. The molecule has 1 saturated heterocycles. The molecule has 0 atom stereocenters. The summed E-state index contributed by atoms with van der Waals surface area (Å²) in [7, 11) is 0. The van der Waals surface area contributed by atoms with Gasteiger partial charge in [-0.05, 0) is 63.9 Å². The molecule has 0 unspecified atom stereocenters. The lowest BCUT2D eigenvalue weighted by Crippen LogP contribution is -2.39. The molecule has 0 bridgehead atoms. The van der Waals surface area contributed by atoms with Gasteiger partial charge in [-0.1, -0.05) is 6.92 Å². The Morgan fingerprint density at radius 1 is 1.12 bits per heavy atom. The predicted molar refractivity (Wildman–Crippen MR) is 113 cm³/mol. The average molecular weight is 447 g/mol. The van der Waals surface area contributed by atoms with Crippen molar-refractivity contribution in [1.29, 1.82) is 0 Å². The standard InChI is InChI=1S/C18H33N5.HI/c1-3-19-18(21-10-16-22-11-4-5-12-22)20-9-6-13-23-14-7-17(2)8-15-23;/h4-5,11-12,17H,3,6-10,13-16H2,1-2H3,(H2,19,20,21);1H. The maximum absolute atomic E-state index is 4.69. The number of hydrogen-bond acceptors (Lipinski definition) is 2. The molecule has 0 aromatic carbocycles. The van der Waals surface area contributed by atoms with Gasteiger partial charge in [-0.3, -0.25) is 4.99 Å². The van der Waals surface area contributed by atoms with Crippen LogP contribution in [0.5, 0.6) is 0 Å². The number of piperidine rings is 1. The Balaban J connectivity index is 0.00000288. The quantitative estimate of drug-likeness (QED) is 0.279. The smallest absolute Gasteiger partial charge is 0.191 e. The van der Waals surface area contributed by atoms with Crippen molar-refractivity contribution >= 4 is 29.9 Å². The van der Waals surface area contributed by atoms with Gasteiger partial charge < -0.3 is 20.1 Å². The Morgan fingerprint density at radius 3 is 2.50 bits per heavy atom. The van der Waals surface area contributed by atoms with E-state index in [0.717, 1.165) is 44.5 Å². The van der Waals surface area contributed by atoms with Gasteiger partial charge in [0.05, 0.1) is 0 Å². The first-order chi connectivity index (χ1) is 11.3. The third-order valence-electron chi connectivity index (χ3n) is 4.45. The molecule has 138 valence electrons. The van der Waals surface area contributed by atoms with Crippen molar-refractivity contribution in [3.05, 3.63) is 24.5 Å². The van der Waals surface area contributed by atoms with Crippen molar-refractivity contribution in [1.82, 2.24) is 20.1 Å². The summed E-state index contributed by atoms with van der Waals surface area (Å²) in [6, 6.07) is 4.11. The van der Waals surface area contributed by atoms with Crippen molar-refractivity contribution < 1.29 is 0 Å². The molecule has 1 aliphatic rings. The molecule has 0 saturated carbocycles. The van der Waals surface area contributed by atoms with E-state index in [-0.39, 0.29) is 24.0 Å². The fourth-order valence-corrected chi connectivity index (χ4v) is 2.94. The number of aromatic nitrogens is 1. The first-order valence-corrected chi connectivity index (χ1v) is 9.13. The van der Waals surface area contributed by atoms with Gasteiger partial charge in [0.1, 0.15) is 0 Å². The zero-order chi connectivity index (χ0) is 16.3. The SMILES string of the molecule is CCNC(=NCCCN1CCC(C)CC1)NCCn1cccc1.I.